The van der Waals surface area contributed by atoms with Gasteiger partial charge in [-0.15, -0.1) is 0 Å². The number of hydrogen-bond donors (Lipinski definition) is 2. The number of nitrogens with one attached hydrogen (secondary N) is 2. The Kier molecular flexibility index (Phi) is 6.29. The van der Waals surface area contributed by atoms with Gasteiger partial charge in [0.25, 0.3) is 0 Å². The summed E-state index contributed by atoms with van der Waals surface area (Å²) in [4.78, 5) is 19.9. The molecule has 1 fully saturated rings. The lowest BCUT2D eigenvalue weighted by Gasteiger charge is -2.10. The number of anilines is 1. The summed E-state index contributed by atoms with van der Waals surface area (Å²) in [6, 6.07) is 3.24. The van der Waals surface area contributed by atoms with Gasteiger partial charge in [0.05, 0.1) is 24.6 Å². The van der Waals surface area contributed by atoms with Crippen molar-refractivity contribution in [1.82, 2.24) is 25.1 Å². The van der Waals surface area contributed by atoms with Crippen molar-refractivity contribution >= 4 is 11.7 Å². The Morgan fingerprint density at radius 3 is 3.12 bits per heavy atom. The topological polar surface area (TPSA) is 103 Å². The fraction of sp³-hybridized carbons (Fsp3) is 0.500. The number of amides is 2. The molecule has 2 amide bonds. The lowest BCUT2D eigenvalue weighted by molar-refractivity contribution is 0.0168. The van der Waals surface area contributed by atoms with E-state index >= 15 is 0 Å². The second kappa shape index (κ2) is 9.09. The molecule has 0 aliphatic carbocycles. The molecule has 1 atom stereocenters. The third-order valence-corrected chi connectivity index (χ3v) is 3.74. The molecule has 134 valence electrons. The van der Waals surface area contributed by atoms with Crippen molar-refractivity contribution in [3.8, 4) is 5.82 Å². The van der Waals surface area contributed by atoms with Crippen LogP contribution < -0.4 is 10.6 Å². The molecule has 0 aromatic carbocycles. The van der Waals surface area contributed by atoms with E-state index in [4.69, 9.17) is 9.47 Å². The molecule has 2 N–H and O–H groups in total. The van der Waals surface area contributed by atoms with Crippen LogP contribution in [0.2, 0.25) is 0 Å². The van der Waals surface area contributed by atoms with Gasteiger partial charge in [0.15, 0.2) is 5.82 Å². The molecular weight excluding hydrogens is 324 g/mol. The number of pyridine rings is 1. The monoisotopic (exact) mass is 346 g/mol. The maximum absolute atomic E-state index is 11.8. The predicted octanol–water partition coefficient (Wildman–Crippen LogP) is 1.37. The summed E-state index contributed by atoms with van der Waals surface area (Å²) >= 11 is 0. The van der Waals surface area contributed by atoms with E-state index in [2.05, 4.69) is 25.7 Å². The van der Waals surface area contributed by atoms with Crippen molar-refractivity contribution in [1.29, 1.82) is 0 Å². The lowest BCUT2D eigenvalue weighted by Crippen LogP contribution is -2.30. The van der Waals surface area contributed by atoms with E-state index < -0.39 is 0 Å². The van der Waals surface area contributed by atoms with Crippen molar-refractivity contribution in [3.05, 3.63) is 31.0 Å². The summed E-state index contributed by atoms with van der Waals surface area (Å²) < 4.78 is 12.6. The fourth-order valence-electron chi connectivity index (χ4n) is 2.46. The normalized spacial score (nSPS) is 16.7. The first-order chi connectivity index (χ1) is 12.3. The average Bonchev–Trinajstić information content (AvgIpc) is 3.32. The van der Waals surface area contributed by atoms with Crippen LogP contribution in [0, 0.1) is 0 Å². The first kappa shape index (κ1) is 17.3. The standard InChI is InChI=1S/C16H22N6O3/c23-16(18-6-2-7-24-10-14-3-1-8-25-14)21-13-4-5-15(19-9-13)22-12-17-11-20-22/h4-5,9,11-12,14H,1-3,6-8,10H2,(H2,18,21,23)/t14-/m1/s1. The number of carbonyl (C=O) groups is 1. The van der Waals surface area contributed by atoms with Gasteiger partial charge in [0.2, 0.25) is 0 Å². The molecule has 0 bridgehead atoms. The number of ether oxygens (including phenoxy) is 2. The van der Waals surface area contributed by atoms with Crippen LogP contribution in [0.1, 0.15) is 19.3 Å². The maximum Gasteiger partial charge on any atom is 0.319 e. The maximum atomic E-state index is 11.8. The second-order valence-electron chi connectivity index (χ2n) is 5.69. The summed E-state index contributed by atoms with van der Waals surface area (Å²) in [6.07, 6.45) is 7.75. The van der Waals surface area contributed by atoms with Gasteiger partial charge in [-0.25, -0.2) is 19.4 Å². The Hall–Kier alpha value is -2.52. The highest BCUT2D eigenvalue weighted by Crippen LogP contribution is 2.12. The van der Waals surface area contributed by atoms with E-state index in [9.17, 15) is 4.79 Å². The summed E-state index contributed by atoms with van der Waals surface area (Å²) in [5.74, 6) is 0.631. The van der Waals surface area contributed by atoms with Gasteiger partial charge in [0.1, 0.15) is 12.7 Å². The Bertz CT molecular complexity index is 640. The molecule has 0 spiro atoms. The van der Waals surface area contributed by atoms with Crippen LogP contribution in [0.25, 0.3) is 5.82 Å². The zero-order chi connectivity index (χ0) is 17.3. The van der Waals surface area contributed by atoms with Crippen LogP contribution in [-0.4, -0.2) is 58.2 Å². The zero-order valence-electron chi connectivity index (χ0n) is 13.9. The lowest BCUT2D eigenvalue weighted by atomic mass is 10.2. The SMILES string of the molecule is O=C(NCCCOC[C@H]1CCCO1)Nc1ccc(-n2cncn2)nc1. The van der Waals surface area contributed by atoms with Crippen molar-refractivity contribution in [2.45, 2.75) is 25.4 Å². The van der Waals surface area contributed by atoms with E-state index in [1.54, 1.807) is 29.3 Å². The van der Waals surface area contributed by atoms with Crippen LogP contribution in [-0.2, 0) is 9.47 Å². The molecule has 0 saturated carbocycles. The molecule has 3 heterocycles. The Morgan fingerprint density at radius 1 is 1.44 bits per heavy atom. The van der Waals surface area contributed by atoms with Crippen molar-refractivity contribution in [2.75, 3.05) is 31.7 Å². The van der Waals surface area contributed by atoms with Gasteiger partial charge < -0.3 is 20.1 Å². The van der Waals surface area contributed by atoms with Gasteiger partial charge >= 0.3 is 6.03 Å². The average molecular weight is 346 g/mol. The number of hydrogen-bond acceptors (Lipinski definition) is 6. The number of urea groups is 1. The third-order valence-electron chi connectivity index (χ3n) is 3.74. The van der Waals surface area contributed by atoms with Crippen LogP contribution in [0.5, 0.6) is 0 Å². The third kappa shape index (κ3) is 5.50. The fourth-order valence-corrected chi connectivity index (χ4v) is 2.46. The molecule has 1 saturated heterocycles. The highest BCUT2D eigenvalue weighted by atomic mass is 16.5. The minimum absolute atomic E-state index is 0.240. The van der Waals surface area contributed by atoms with Gasteiger partial charge in [-0.05, 0) is 31.4 Å². The molecule has 9 heteroatoms. The highest BCUT2D eigenvalue weighted by molar-refractivity contribution is 5.88. The van der Waals surface area contributed by atoms with E-state index in [1.807, 2.05) is 0 Å². The molecule has 1 aliphatic heterocycles. The van der Waals surface area contributed by atoms with E-state index in [0.717, 1.165) is 25.9 Å². The molecule has 0 radical (unpaired) electrons. The van der Waals surface area contributed by atoms with Crippen molar-refractivity contribution in [2.24, 2.45) is 0 Å². The van der Waals surface area contributed by atoms with Gasteiger partial charge in [-0.3, -0.25) is 0 Å². The number of nitrogens with zero attached hydrogens (tertiary/aromatic N) is 4. The van der Waals surface area contributed by atoms with Crippen LogP contribution in [0.3, 0.4) is 0 Å². The number of aromatic nitrogens is 4. The smallest absolute Gasteiger partial charge is 0.319 e. The van der Waals surface area contributed by atoms with E-state index in [-0.39, 0.29) is 12.1 Å². The number of rotatable bonds is 8. The summed E-state index contributed by atoms with van der Waals surface area (Å²) in [7, 11) is 0. The van der Waals surface area contributed by atoms with E-state index in [1.165, 1.54) is 6.33 Å². The van der Waals surface area contributed by atoms with Gasteiger partial charge in [-0.2, -0.15) is 5.10 Å². The molecule has 1 aliphatic rings. The van der Waals surface area contributed by atoms with Crippen LogP contribution >= 0.6 is 0 Å². The number of carbonyl (C=O) groups excluding carboxylic acids is 1. The van der Waals surface area contributed by atoms with Crippen molar-refractivity contribution < 1.29 is 14.3 Å². The van der Waals surface area contributed by atoms with E-state index in [0.29, 0.717) is 31.3 Å². The first-order valence-electron chi connectivity index (χ1n) is 8.36. The summed E-state index contributed by atoms with van der Waals surface area (Å²) in [6.45, 7) is 2.62. The van der Waals surface area contributed by atoms with Gasteiger partial charge in [0, 0.05) is 19.8 Å². The molecule has 25 heavy (non-hydrogen) atoms. The van der Waals surface area contributed by atoms with Gasteiger partial charge in [-0.1, -0.05) is 0 Å². The molecule has 2 aromatic rings. The first-order valence-corrected chi connectivity index (χ1v) is 8.36. The molecule has 3 rings (SSSR count). The molecular formula is C16H22N6O3. The minimum atomic E-state index is -0.269. The highest BCUT2D eigenvalue weighted by Gasteiger charge is 2.14. The second-order valence-corrected chi connectivity index (χ2v) is 5.69. The Balaban J connectivity index is 1.29. The van der Waals surface area contributed by atoms with Crippen LogP contribution in [0.15, 0.2) is 31.0 Å². The van der Waals surface area contributed by atoms with Crippen molar-refractivity contribution in [3.63, 3.8) is 0 Å². The summed E-state index contributed by atoms with van der Waals surface area (Å²) in [5, 5.41) is 9.51. The largest absolute Gasteiger partial charge is 0.379 e. The molecule has 0 unspecified atom stereocenters. The predicted molar refractivity (Wildman–Crippen MR) is 90.6 cm³/mol. The zero-order valence-corrected chi connectivity index (χ0v) is 13.9. The Labute approximate surface area is 145 Å². The minimum Gasteiger partial charge on any atom is -0.379 e. The Morgan fingerprint density at radius 2 is 2.40 bits per heavy atom. The van der Waals surface area contributed by atoms with Crippen LogP contribution in [0.4, 0.5) is 10.5 Å². The quantitative estimate of drug-likeness (QED) is 0.700. The molecule has 2 aromatic heterocycles. The molecule has 9 nitrogen and oxygen atoms in total. The summed E-state index contributed by atoms with van der Waals surface area (Å²) in [5.41, 5.74) is 0.607.